The van der Waals surface area contributed by atoms with Crippen molar-refractivity contribution in [2.75, 3.05) is 26.2 Å². The van der Waals surface area contributed by atoms with Gasteiger partial charge in [0.2, 0.25) is 10.0 Å². The van der Waals surface area contributed by atoms with Crippen molar-refractivity contribution in [1.82, 2.24) is 9.62 Å². The summed E-state index contributed by atoms with van der Waals surface area (Å²) in [7, 11) is -3.72. The van der Waals surface area contributed by atoms with Crippen LogP contribution < -0.4 is 10.1 Å². The van der Waals surface area contributed by atoms with Crippen LogP contribution in [0.4, 0.5) is 4.39 Å². The predicted octanol–water partition coefficient (Wildman–Crippen LogP) is 3.07. The Morgan fingerprint density at radius 3 is 2.50 bits per heavy atom. The molecule has 3 rings (SSSR count). The van der Waals surface area contributed by atoms with E-state index in [-0.39, 0.29) is 34.5 Å². The van der Waals surface area contributed by atoms with E-state index in [9.17, 15) is 17.6 Å². The molecule has 1 fully saturated rings. The number of carbonyl (C=O) groups is 1. The Balaban J connectivity index is 1.61. The zero-order valence-electron chi connectivity index (χ0n) is 15.0. The molecule has 1 heterocycles. The summed E-state index contributed by atoms with van der Waals surface area (Å²) in [6.45, 7) is 1.29. The van der Waals surface area contributed by atoms with Gasteiger partial charge in [-0.05, 0) is 55.3 Å². The average Bonchev–Trinajstić information content (AvgIpc) is 3.22. The fraction of sp³-hybridized carbons (Fsp3) is 0.316. The first-order valence-electron chi connectivity index (χ1n) is 8.84. The molecule has 2 aromatic carbocycles. The third kappa shape index (κ3) is 4.81. The molecule has 6 nitrogen and oxygen atoms in total. The lowest BCUT2D eigenvalue weighted by atomic mass is 10.2. The van der Waals surface area contributed by atoms with Gasteiger partial charge in [0.1, 0.15) is 23.1 Å². The Bertz CT molecular complexity index is 945. The average molecular weight is 427 g/mol. The van der Waals surface area contributed by atoms with E-state index in [1.165, 1.54) is 46.8 Å². The topological polar surface area (TPSA) is 75.7 Å². The van der Waals surface area contributed by atoms with Crippen LogP contribution in [-0.4, -0.2) is 44.9 Å². The van der Waals surface area contributed by atoms with Crippen LogP contribution in [0.15, 0.2) is 47.4 Å². The molecule has 0 unspecified atom stereocenters. The lowest BCUT2D eigenvalue weighted by Gasteiger charge is -2.17. The SMILES string of the molecule is O=C(NCCOc1ccc(F)cc1)c1ccc(Cl)c(S(=O)(=O)N2CCCC2)c1. The molecule has 9 heteroatoms. The number of nitrogens with zero attached hydrogens (tertiary/aromatic N) is 1. The maximum absolute atomic E-state index is 12.8. The maximum Gasteiger partial charge on any atom is 0.251 e. The molecule has 28 heavy (non-hydrogen) atoms. The van der Waals surface area contributed by atoms with Gasteiger partial charge in [-0.3, -0.25) is 4.79 Å². The smallest absolute Gasteiger partial charge is 0.251 e. The molecule has 1 aliphatic rings. The Labute approximate surface area is 168 Å². The lowest BCUT2D eigenvalue weighted by Crippen LogP contribution is -2.30. The monoisotopic (exact) mass is 426 g/mol. The summed E-state index contributed by atoms with van der Waals surface area (Å²) in [6.07, 6.45) is 1.62. The number of halogens is 2. The quantitative estimate of drug-likeness (QED) is 0.690. The normalized spacial score (nSPS) is 14.8. The molecule has 1 amide bonds. The van der Waals surface area contributed by atoms with Gasteiger partial charge in [-0.2, -0.15) is 4.31 Å². The van der Waals surface area contributed by atoms with Gasteiger partial charge in [-0.25, -0.2) is 12.8 Å². The van der Waals surface area contributed by atoms with Crippen molar-refractivity contribution in [3.63, 3.8) is 0 Å². The van der Waals surface area contributed by atoms with Crippen LogP contribution in [0.1, 0.15) is 23.2 Å². The van der Waals surface area contributed by atoms with Crippen LogP contribution >= 0.6 is 11.6 Å². The fourth-order valence-electron chi connectivity index (χ4n) is 2.88. The summed E-state index contributed by atoms with van der Waals surface area (Å²) in [6, 6.07) is 9.73. The molecule has 1 saturated heterocycles. The van der Waals surface area contributed by atoms with E-state index >= 15 is 0 Å². The molecule has 0 bridgehead atoms. The molecule has 0 spiro atoms. The van der Waals surface area contributed by atoms with Crippen LogP contribution in [0.3, 0.4) is 0 Å². The van der Waals surface area contributed by atoms with Gasteiger partial charge in [0, 0.05) is 18.7 Å². The van der Waals surface area contributed by atoms with E-state index in [4.69, 9.17) is 16.3 Å². The molecule has 0 saturated carbocycles. The molecule has 0 aliphatic carbocycles. The zero-order chi connectivity index (χ0) is 20.1. The van der Waals surface area contributed by atoms with Gasteiger partial charge >= 0.3 is 0 Å². The second kappa shape index (κ2) is 8.89. The van der Waals surface area contributed by atoms with Crippen molar-refractivity contribution in [3.05, 3.63) is 58.9 Å². The molecule has 150 valence electrons. The van der Waals surface area contributed by atoms with Crippen molar-refractivity contribution >= 4 is 27.5 Å². The minimum Gasteiger partial charge on any atom is -0.492 e. The molecule has 1 N–H and O–H groups in total. The van der Waals surface area contributed by atoms with E-state index in [2.05, 4.69) is 5.32 Å². The number of carbonyl (C=O) groups excluding carboxylic acids is 1. The second-order valence-corrected chi connectivity index (χ2v) is 8.63. The first kappa shape index (κ1) is 20.6. The summed E-state index contributed by atoms with van der Waals surface area (Å²) < 4.78 is 45.1. The third-order valence-corrected chi connectivity index (χ3v) is 6.73. The summed E-state index contributed by atoms with van der Waals surface area (Å²) in [5.41, 5.74) is 0.198. The molecule has 0 atom stereocenters. The highest BCUT2D eigenvalue weighted by Gasteiger charge is 2.29. The first-order valence-corrected chi connectivity index (χ1v) is 10.7. The van der Waals surface area contributed by atoms with Crippen LogP contribution in [-0.2, 0) is 10.0 Å². The Morgan fingerprint density at radius 1 is 1.14 bits per heavy atom. The Kier molecular flexibility index (Phi) is 6.53. The molecular weight excluding hydrogens is 407 g/mol. The standard InChI is InChI=1S/C19H20ClFN2O4S/c20-17-8-3-14(13-18(17)28(25,26)23-10-1-2-11-23)19(24)22-9-12-27-16-6-4-15(21)5-7-16/h3-8,13H,1-2,9-12H2,(H,22,24). The van der Waals surface area contributed by atoms with Crippen LogP contribution in [0.5, 0.6) is 5.75 Å². The molecule has 2 aromatic rings. The Morgan fingerprint density at radius 2 is 1.82 bits per heavy atom. The second-order valence-electron chi connectivity index (χ2n) is 6.31. The van der Waals surface area contributed by atoms with E-state index < -0.39 is 15.9 Å². The van der Waals surface area contributed by atoms with Gasteiger partial charge in [-0.1, -0.05) is 11.6 Å². The number of amides is 1. The van der Waals surface area contributed by atoms with Crippen molar-refractivity contribution in [1.29, 1.82) is 0 Å². The van der Waals surface area contributed by atoms with Crippen molar-refractivity contribution < 1.29 is 22.3 Å². The lowest BCUT2D eigenvalue weighted by molar-refractivity contribution is 0.0947. The van der Waals surface area contributed by atoms with Crippen LogP contribution in [0.2, 0.25) is 5.02 Å². The molecular formula is C19H20ClFN2O4S. The minimum absolute atomic E-state index is 0.0636. The number of ether oxygens (including phenoxy) is 1. The number of sulfonamides is 1. The largest absolute Gasteiger partial charge is 0.492 e. The highest BCUT2D eigenvalue weighted by Crippen LogP contribution is 2.28. The van der Waals surface area contributed by atoms with E-state index in [0.29, 0.717) is 18.8 Å². The number of rotatable bonds is 7. The van der Waals surface area contributed by atoms with Crippen LogP contribution in [0.25, 0.3) is 0 Å². The zero-order valence-corrected chi connectivity index (χ0v) is 16.6. The molecule has 0 radical (unpaired) electrons. The first-order chi connectivity index (χ1) is 13.4. The molecule has 0 aromatic heterocycles. The number of nitrogens with one attached hydrogen (secondary N) is 1. The van der Waals surface area contributed by atoms with Gasteiger partial charge < -0.3 is 10.1 Å². The summed E-state index contributed by atoms with van der Waals surface area (Å²) in [5.74, 6) is -0.304. The Hall–Kier alpha value is -2.16. The van der Waals surface area contributed by atoms with Gasteiger partial charge in [0.25, 0.3) is 5.91 Å². The number of hydrogen-bond donors (Lipinski definition) is 1. The minimum atomic E-state index is -3.72. The van der Waals surface area contributed by atoms with Crippen molar-refractivity contribution in [3.8, 4) is 5.75 Å². The number of hydrogen-bond acceptors (Lipinski definition) is 4. The third-order valence-electron chi connectivity index (χ3n) is 4.35. The summed E-state index contributed by atoms with van der Waals surface area (Å²) in [4.78, 5) is 12.3. The van der Waals surface area contributed by atoms with E-state index in [1.54, 1.807) is 0 Å². The summed E-state index contributed by atoms with van der Waals surface area (Å²) >= 11 is 6.09. The number of benzene rings is 2. The fourth-order valence-corrected chi connectivity index (χ4v) is 4.89. The van der Waals surface area contributed by atoms with Crippen molar-refractivity contribution in [2.45, 2.75) is 17.7 Å². The molecule has 1 aliphatic heterocycles. The van der Waals surface area contributed by atoms with Gasteiger partial charge in [0.05, 0.1) is 11.6 Å². The predicted molar refractivity (Wildman–Crippen MR) is 104 cm³/mol. The highest BCUT2D eigenvalue weighted by atomic mass is 35.5. The highest BCUT2D eigenvalue weighted by molar-refractivity contribution is 7.89. The van der Waals surface area contributed by atoms with Crippen LogP contribution in [0, 0.1) is 5.82 Å². The van der Waals surface area contributed by atoms with E-state index in [1.807, 2.05) is 0 Å². The van der Waals surface area contributed by atoms with E-state index in [0.717, 1.165) is 12.8 Å². The van der Waals surface area contributed by atoms with Gasteiger partial charge in [-0.15, -0.1) is 0 Å². The maximum atomic E-state index is 12.8. The summed E-state index contributed by atoms with van der Waals surface area (Å²) in [5, 5.41) is 2.74. The van der Waals surface area contributed by atoms with Gasteiger partial charge in [0.15, 0.2) is 0 Å². The van der Waals surface area contributed by atoms with Crippen molar-refractivity contribution in [2.24, 2.45) is 0 Å².